The maximum atomic E-state index is 4.14. The fourth-order valence-corrected chi connectivity index (χ4v) is 2.56. The Labute approximate surface area is 128 Å². The lowest BCUT2D eigenvalue weighted by Crippen LogP contribution is -2.38. The molecule has 0 unspecified atom stereocenters. The molecule has 0 aromatic carbocycles. The third-order valence-corrected chi connectivity index (χ3v) is 3.94. The van der Waals surface area contributed by atoms with Crippen LogP contribution in [0.5, 0.6) is 0 Å². The monoisotopic (exact) mass is 310 g/mol. The fourth-order valence-electron chi connectivity index (χ4n) is 1.68. The average molecular weight is 310 g/mol. The minimum absolute atomic E-state index is 0.0947. The second-order valence-corrected chi connectivity index (χ2v) is 6.82. The number of hydrogen-bond acceptors (Lipinski definition) is 7. The molecule has 0 aliphatic carbocycles. The van der Waals surface area contributed by atoms with Crippen LogP contribution in [-0.4, -0.2) is 47.1 Å². The van der Waals surface area contributed by atoms with E-state index in [0.717, 1.165) is 29.9 Å². The molecular weight excluding hydrogens is 288 g/mol. The first-order valence-electron chi connectivity index (χ1n) is 6.85. The van der Waals surface area contributed by atoms with E-state index in [2.05, 4.69) is 51.8 Å². The van der Waals surface area contributed by atoms with Gasteiger partial charge >= 0.3 is 0 Å². The van der Waals surface area contributed by atoms with E-state index in [1.807, 2.05) is 23.2 Å². The summed E-state index contributed by atoms with van der Waals surface area (Å²) < 4.78 is 3.79. The molecule has 8 nitrogen and oxygen atoms in total. The molecule has 0 saturated heterocycles. The summed E-state index contributed by atoms with van der Waals surface area (Å²) in [5.41, 5.74) is 0.0947. The van der Waals surface area contributed by atoms with Gasteiger partial charge in [-0.25, -0.2) is 4.68 Å². The molecule has 0 bridgehead atoms. The van der Waals surface area contributed by atoms with E-state index in [0.29, 0.717) is 5.75 Å². The standard InChI is InChI=1S/C12H22N8S/c1-9-14-15-10(19(9)5)8-21-11-16-17-18-20(11)7-6-13-12(2,3)4/h13H,6-8H2,1-5H3. The molecular formula is C12H22N8S. The molecule has 2 heterocycles. The van der Waals surface area contributed by atoms with Crippen molar-refractivity contribution in [1.29, 1.82) is 0 Å². The molecule has 0 aliphatic rings. The molecule has 21 heavy (non-hydrogen) atoms. The van der Waals surface area contributed by atoms with Gasteiger partial charge in [0.15, 0.2) is 0 Å². The zero-order chi connectivity index (χ0) is 15.5. The van der Waals surface area contributed by atoms with Gasteiger partial charge in [0.25, 0.3) is 0 Å². The molecule has 1 N–H and O–H groups in total. The van der Waals surface area contributed by atoms with Crippen LogP contribution in [0, 0.1) is 6.92 Å². The number of aromatic nitrogens is 7. The number of aryl methyl sites for hydroxylation is 1. The Bertz CT molecular complexity index is 582. The number of rotatable bonds is 6. The maximum absolute atomic E-state index is 4.14. The van der Waals surface area contributed by atoms with Crippen LogP contribution in [0.1, 0.15) is 32.4 Å². The molecule has 0 fully saturated rings. The van der Waals surface area contributed by atoms with Crippen molar-refractivity contribution in [2.24, 2.45) is 7.05 Å². The normalized spacial score (nSPS) is 12.0. The van der Waals surface area contributed by atoms with Gasteiger partial charge in [-0.3, -0.25) is 0 Å². The summed E-state index contributed by atoms with van der Waals surface area (Å²) >= 11 is 1.57. The van der Waals surface area contributed by atoms with Crippen molar-refractivity contribution in [3.8, 4) is 0 Å². The summed E-state index contributed by atoms with van der Waals surface area (Å²) in [6, 6.07) is 0. The Kier molecular flexibility index (Phi) is 4.94. The molecule has 2 aromatic heterocycles. The van der Waals surface area contributed by atoms with Gasteiger partial charge < -0.3 is 9.88 Å². The molecule has 0 atom stereocenters. The van der Waals surface area contributed by atoms with Gasteiger partial charge in [0.1, 0.15) is 11.6 Å². The summed E-state index contributed by atoms with van der Waals surface area (Å²) in [6.45, 7) is 9.91. The number of nitrogens with zero attached hydrogens (tertiary/aromatic N) is 7. The van der Waals surface area contributed by atoms with Crippen molar-refractivity contribution in [1.82, 2.24) is 40.3 Å². The largest absolute Gasteiger partial charge is 0.318 e. The maximum Gasteiger partial charge on any atom is 0.209 e. The topological polar surface area (TPSA) is 86.3 Å². The molecule has 2 aromatic rings. The summed E-state index contributed by atoms with van der Waals surface area (Å²) in [7, 11) is 1.96. The highest BCUT2D eigenvalue weighted by atomic mass is 32.2. The van der Waals surface area contributed by atoms with Gasteiger partial charge in [-0.15, -0.1) is 15.3 Å². The number of thioether (sulfide) groups is 1. The highest BCUT2D eigenvalue weighted by molar-refractivity contribution is 7.98. The van der Waals surface area contributed by atoms with Crippen molar-refractivity contribution < 1.29 is 0 Å². The molecule has 116 valence electrons. The van der Waals surface area contributed by atoms with E-state index < -0.39 is 0 Å². The first kappa shape index (κ1) is 15.9. The zero-order valence-corrected chi connectivity index (χ0v) is 14.0. The second-order valence-electron chi connectivity index (χ2n) is 5.87. The molecule has 0 radical (unpaired) electrons. The zero-order valence-electron chi connectivity index (χ0n) is 13.2. The van der Waals surface area contributed by atoms with Crippen molar-refractivity contribution >= 4 is 11.8 Å². The van der Waals surface area contributed by atoms with Gasteiger partial charge in [0, 0.05) is 19.1 Å². The third kappa shape index (κ3) is 4.50. The molecule has 9 heteroatoms. The number of hydrogen-bond donors (Lipinski definition) is 1. The SMILES string of the molecule is Cc1nnc(CSc2nnnn2CCNC(C)(C)C)n1C. The van der Waals surface area contributed by atoms with E-state index in [9.17, 15) is 0 Å². The lowest BCUT2D eigenvalue weighted by molar-refractivity contribution is 0.396. The Morgan fingerprint density at radius 1 is 1.19 bits per heavy atom. The lowest BCUT2D eigenvalue weighted by Gasteiger charge is -2.20. The van der Waals surface area contributed by atoms with Crippen LogP contribution in [0.3, 0.4) is 0 Å². The van der Waals surface area contributed by atoms with Crippen LogP contribution in [0.2, 0.25) is 0 Å². The highest BCUT2D eigenvalue weighted by Gasteiger charge is 2.12. The molecule has 0 aliphatic heterocycles. The van der Waals surface area contributed by atoms with Crippen molar-refractivity contribution in [2.75, 3.05) is 6.54 Å². The van der Waals surface area contributed by atoms with Crippen molar-refractivity contribution in [2.45, 2.75) is 50.7 Å². The third-order valence-electron chi connectivity index (χ3n) is 2.99. The van der Waals surface area contributed by atoms with Gasteiger partial charge in [0.2, 0.25) is 5.16 Å². The van der Waals surface area contributed by atoms with Crippen LogP contribution in [0.15, 0.2) is 5.16 Å². The van der Waals surface area contributed by atoms with Gasteiger partial charge in [-0.05, 0) is 38.1 Å². The van der Waals surface area contributed by atoms with E-state index in [1.54, 1.807) is 11.8 Å². The van der Waals surface area contributed by atoms with Gasteiger partial charge in [-0.2, -0.15) is 0 Å². The fraction of sp³-hybridized carbons (Fsp3) is 0.750. The first-order chi connectivity index (χ1) is 9.87. The van der Waals surface area contributed by atoms with Crippen molar-refractivity contribution in [3.63, 3.8) is 0 Å². The van der Waals surface area contributed by atoms with Crippen LogP contribution in [-0.2, 0) is 19.3 Å². The molecule has 0 spiro atoms. The summed E-state index contributed by atoms with van der Waals surface area (Å²) in [5, 5.41) is 24.2. The van der Waals surface area contributed by atoms with Crippen LogP contribution in [0.4, 0.5) is 0 Å². The number of nitrogens with one attached hydrogen (secondary N) is 1. The second kappa shape index (κ2) is 6.52. The van der Waals surface area contributed by atoms with Gasteiger partial charge in [-0.1, -0.05) is 11.8 Å². The Hall–Kier alpha value is -1.48. The first-order valence-corrected chi connectivity index (χ1v) is 7.84. The summed E-state index contributed by atoms with van der Waals surface area (Å²) in [4.78, 5) is 0. The highest BCUT2D eigenvalue weighted by Crippen LogP contribution is 2.18. The quantitative estimate of drug-likeness (QED) is 0.789. The van der Waals surface area contributed by atoms with Crippen LogP contribution < -0.4 is 5.32 Å². The minimum atomic E-state index is 0.0947. The minimum Gasteiger partial charge on any atom is -0.318 e. The van der Waals surface area contributed by atoms with E-state index in [1.165, 1.54) is 0 Å². The molecule has 0 amide bonds. The Morgan fingerprint density at radius 3 is 2.57 bits per heavy atom. The molecule has 2 rings (SSSR count). The van der Waals surface area contributed by atoms with E-state index in [-0.39, 0.29) is 5.54 Å². The average Bonchev–Trinajstić information content (AvgIpc) is 2.95. The summed E-state index contributed by atoms with van der Waals surface area (Å²) in [6.07, 6.45) is 0. The van der Waals surface area contributed by atoms with Gasteiger partial charge in [0.05, 0.1) is 12.3 Å². The van der Waals surface area contributed by atoms with Crippen LogP contribution in [0.25, 0.3) is 0 Å². The predicted molar refractivity (Wildman–Crippen MR) is 80.9 cm³/mol. The van der Waals surface area contributed by atoms with E-state index >= 15 is 0 Å². The van der Waals surface area contributed by atoms with Crippen LogP contribution >= 0.6 is 11.8 Å². The van der Waals surface area contributed by atoms with E-state index in [4.69, 9.17) is 0 Å². The Morgan fingerprint density at radius 2 is 1.95 bits per heavy atom. The predicted octanol–water partition coefficient (Wildman–Crippen LogP) is 0.790. The van der Waals surface area contributed by atoms with Crippen molar-refractivity contribution in [3.05, 3.63) is 11.6 Å². The Balaban J connectivity index is 1.90. The smallest absolute Gasteiger partial charge is 0.209 e. The molecule has 0 saturated carbocycles. The lowest BCUT2D eigenvalue weighted by atomic mass is 10.1. The summed E-state index contributed by atoms with van der Waals surface area (Å²) in [5.74, 6) is 2.52. The number of tetrazole rings is 1.